The lowest BCUT2D eigenvalue weighted by Crippen LogP contribution is -2.61. The van der Waals surface area contributed by atoms with Gasteiger partial charge >= 0.3 is 0 Å². The third-order valence-electron chi connectivity index (χ3n) is 6.51. The summed E-state index contributed by atoms with van der Waals surface area (Å²) in [6.07, 6.45) is 7.23. The molecule has 0 unspecified atom stereocenters. The number of carbonyl (C=O) groups excluding carboxylic acids is 1. The van der Waals surface area contributed by atoms with E-state index in [1.807, 2.05) is 35.2 Å². The molecule has 0 aromatic carbocycles. The number of nitrogens with one attached hydrogen (secondary N) is 1. The molecular weight excluding hydrogens is 418 g/mol. The molecule has 33 heavy (non-hydrogen) atoms. The summed E-state index contributed by atoms with van der Waals surface area (Å²) in [6, 6.07) is 9.50. The Hall–Kier alpha value is -3.75. The van der Waals surface area contributed by atoms with Gasteiger partial charge in [0.25, 0.3) is 0 Å². The molecule has 5 rings (SSSR count). The van der Waals surface area contributed by atoms with Gasteiger partial charge in [-0.25, -0.2) is 15.0 Å². The SMILES string of the molecule is COc1ccc(Nc2cc(N3CC4(CCN(C(C)=O)CC4)C3)nc(-c3cccnc3)n2)nc1. The molecule has 3 aromatic rings. The first-order chi connectivity index (χ1) is 16.0. The van der Waals surface area contributed by atoms with E-state index in [2.05, 4.69) is 20.2 Å². The normalized spacial score (nSPS) is 16.9. The van der Waals surface area contributed by atoms with E-state index in [0.717, 1.165) is 50.4 Å². The quantitative estimate of drug-likeness (QED) is 0.640. The summed E-state index contributed by atoms with van der Waals surface area (Å²) in [5, 5.41) is 3.29. The number of anilines is 3. The molecule has 5 heterocycles. The third kappa shape index (κ3) is 4.44. The summed E-state index contributed by atoms with van der Waals surface area (Å²) in [6.45, 7) is 5.19. The second-order valence-corrected chi connectivity index (χ2v) is 8.75. The van der Waals surface area contributed by atoms with Crippen LogP contribution in [0, 0.1) is 5.41 Å². The van der Waals surface area contributed by atoms with Crippen molar-refractivity contribution in [2.45, 2.75) is 19.8 Å². The Morgan fingerprint density at radius 2 is 1.91 bits per heavy atom. The second-order valence-electron chi connectivity index (χ2n) is 8.75. The smallest absolute Gasteiger partial charge is 0.219 e. The van der Waals surface area contributed by atoms with Gasteiger partial charge in [-0.1, -0.05) is 0 Å². The van der Waals surface area contributed by atoms with Crippen molar-refractivity contribution in [2.24, 2.45) is 5.41 Å². The Labute approximate surface area is 192 Å². The number of carbonyl (C=O) groups is 1. The van der Waals surface area contributed by atoms with Gasteiger partial charge in [-0.05, 0) is 37.1 Å². The van der Waals surface area contributed by atoms with Crippen molar-refractivity contribution in [1.82, 2.24) is 24.8 Å². The first kappa shape index (κ1) is 21.1. The molecule has 2 saturated heterocycles. The van der Waals surface area contributed by atoms with Crippen LogP contribution in [-0.4, -0.2) is 64.0 Å². The number of rotatable bonds is 5. The minimum Gasteiger partial charge on any atom is -0.495 e. The number of methoxy groups -OCH3 is 1. The summed E-state index contributed by atoms with van der Waals surface area (Å²) in [4.78, 5) is 34.1. The number of pyridine rings is 2. The molecule has 0 radical (unpaired) electrons. The molecule has 1 N–H and O–H groups in total. The van der Waals surface area contributed by atoms with E-state index < -0.39 is 0 Å². The van der Waals surface area contributed by atoms with Crippen LogP contribution < -0.4 is 15.0 Å². The largest absolute Gasteiger partial charge is 0.495 e. The summed E-state index contributed by atoms with van der Waals surface area (Å²) >= 11 is 0. The highest BCUT2D eigenvalue weighted by molar-refractivity contribution is 5.73. The van der Waals surface area contributed by atoms with Gasteiger partial charge < -0.3 is 19.9 Å². The lowest BCUT2D eigenvalue weighted by atomic mass is 9.72. The zero-order valence-electron chi connectivity index (χ0n) is 18.9. The van der Waals surface area contributed by atoms with Crippen LogP contribution >= 0.6 is 0 Å². The molecule has 1 spiro atoms. The van der Waals surface area contributed by atoms with Gasteiger partial charge in [-0.2, -0.15) is 0 Å². The van der Waals surface area contributed by atoms with Crippen LogP contribution in [0.15, 0.2) is 48.9 Å². The van der Waals surface area contributed by atoms with E-state index in [4.69, 9.17) is 14.7 Å². The molecule has 3 aromatic heterocycles. The van der Waals surface area contributed by atoms with Gasteiger partial charge in [0.2, 0.25) is 5.91 Å². The summed E-state index contributed by atoms with van der Waals surface area (Å²) in [5.74, 6) is 3.70. The number of hydrogen-bond donors (Lipinski definition) is 1. The van der Waals surface area contributed by atoms with Crippen LogP contribution in [0.2, 0.25) is 0 Å². The lowest BCUT2D eigenvalue weighted by Gasteiger charge is -2.54. The standard InChI is InChI=1S/C24H27N7O2/c1-17(32)30-10-7-24(8-11-30)15-31(16-24)22-12-21(27-20-6-5-19(33-2)14-26-20)28-23(29-22)18-4-3-9-25-13-18/h3-6,9,12-14H,7-8,10-11,15-16H2,1-2H3,(H,26,27,28,29). The van der Waals surface area contributed by atoms with Crippen LogP contribution in [0.5, 0.6) is 5.75 Å². The average molecular weight is 446 g/mol. The van der Waals surface area contributed by atoms with E-state index in [1.54, 1.807) is 32.6 Å². The van der Waals surface area contributed by atoms with Crippen molar-refractivity contribution >= 4 is 23.4 Å². The van der Waals surface area contributed by atoms with E-state index in [1.165, 1.54) is 0 Å². The molecule has 1 amide bonds. The fourth-order valence-corrected chi connectivity index (χ4v) is 4.53. The van der Waals surface area contributed by atoms with Gasteiger partial charge in [-0.3, -0.25) is 9.78 Å². The van der Waals surface area contributed by atoms with Crippen LogP contribution in [-0.2, 0) is 4.79 Å². The Morgan fingerprint density at radius 3 is 2.55 bits per heavy atom. The van der Waals surface area contributed by atoms with Crippen LogP contribution in [0.1, 0.15) is 19.8 Å². The molecule has 0 aliphatic carbocycles. The maximum absolute atomic E-state index is 11.7. The van der Waals surface area contributed by atoms with Crippen LogP contribution in [0.25, 0.3) is 11.4 Å². The van der Waals surface area contributed by atoms with Crippen LogP contribution in [0.3, 0.4) is 0 Å². The molecule has 170 valence electrons. The number of nitrogens with zero attached hydrogens (tertiary/aromatic N) is 6. The molecule has 2 aliphatic rings. The lowest BCUT2D eigenvalue weighted by molar-refractivity contribution is -0.131. The second kappa shape index (κ2) is 8.65. The van der Waals surface area contributed by atoms with Crippen molar-refractivity contribution < 1.29 is 9.53 Å². The number of hydrogen-bond acceptors (Lipinski definition) is 8. The minimum absolute atomic E-state index is 0.167. The highest BCUT2D eigenvalue weighted by Gasteiger charge is 2.45. The van der Waals surface area contributed by atoms with Gasteiger partial charge in [0.05, 0.1) is 13.3 Å². The van der Waals surface area contributed by atoms with Crippen LogP contribution in [0.4, 0.5) is 17.5 Å². The van der Waals surface area contributed by atoms with Crippen molar-refractivity contribution in [3.8, 4) is 17.1 Å². The average Bonchev–Trinajstić information content (AvgIpc) is 2.83. The summed E-state index contributed by atoms with van der Waals surface area (Å²) in [7, 11) is 1.62. The molecule has 2 fully saturated rings. The zero-order chi connectivity index (χ0) is 22.8. The van der Waals surface area contributed by atoms with Gasteiger partial charge in [0, 0.05) is 62.5 Å². The molecule has 0 atom stereocenters. The Kier molecular flexibility index (Phi) is 5.53. The Bertz CT molecular complexity index is 1120. The predicted octanol–water partition coefficient (Wildman–Crippen LogP) is 3.13. The molecule has 0 saturated carbocycles. The fourth-order valence-electron chi connectivity index (χ4n) is 4.53. The maximum atomic E-state index is 11.7. The Balaban J connectivity index is 1.38. The zero-order valence-corrected chi connectivity index (χ0v) is 18.9. The minimum atomic E-state index is 0.167. The molecule has 9 nitrogen and oxygen atoms in total. The van der Waals surface area contributed by atoms with E-state index in [-0.39, 0.29) is 11.3 Å². The third-order valence-corrected chi connectivity index (χ3v) is 6.51. The monoisotopic (exact) mass is 445 g/mol. The highest BCUT2D eigenvalue weighted by Crippen LogP contribution is 2.42. The Morgan fingerprint density at radius 1 is 1.09 bits per heavy atom. The number of aromatic nitrogens is 4. The summed E-state index contributed by atoms with van der Waals surface area (Å²) < 4.78 is 5.19. The molecule has 2 aliphatic heterocycles. The van der Waals surface area contributed by atoms with Crippen molar-refractivity contribution in [3.63, 3.8) is 0 Å². The molecule has 0 bridgehead atoms. The van der Waals surface area contributed by atoms with Crippen molar-refractivity contribution in [3.05, 3.63) is 48.9 Å². The van der Waals surface area contributed by atoms with E-state index in [9.17, 15) is 4.79 Å². The van der Waals surface area contributed by atoms with Crippen molar-refractivity contribution in [2.75, 3.05) is 43.5 Å². The van der Waals surface area contributed by atoms with Gasteiger partial charge in [-0.15, -0.1) is 0 Å². The highest BCUT2D eigenvalue weighted by atomic mass is 16.5. The molecular formula is C24H27N7O2. The molecule has 9 heteroatoms. The number of ether oxygens (including phenoxy) is 1. The summed E-state index contributed by atoms with van der Waals surface area (Å²) in [5.41, 5.74) is 1.12. The first-order valence-corrected chi connectivity index (χ1v) is 11.1. The first-order valence-electron chi connectivity index (χ1n) is 11.1. The van der Waals surface area contributed by atoms with Crippen molar-refractivity contribution in [1.29, 1.82) is 0 Å². The fraction of sp³-hybridized carbons (Fsp3) is 0.375. The maximum Gasteiger partial charge on any atom is 0.219 e. The number of piperidine rings is 1. The topological polar surface area (TPSA) is 96.4 Å². The number of likely N-dealkylation sites (tertiary alicyclic amines) is 1. The van der Waals surface area contributed by atoms with E-state index in [0.29, 0.717) is 23.2 Å². The van der Waals surface area contributed by atoms with Gasteiger partial charge in [0.1, 0.15) is 23.2 Å². The predicted molar refractivity (Wildman–Crippen MR) is 125 cm³/mol. The number of amides is 1. The van der Waals surface area contributed by atoms with Gasteiger partial charge in [0.15, 0.2) is 5.82 Å². The van der Waals surface area contributed by atoms with E-state index >= 15 is 0 Å².